The molecule has 0 saturated carbocycles. The predicted molar refractivity (Wildman–Crippen MR) is 79.9 cm³/mol. The van der Waals surface area contributed by atoms with E-state index in [1.165, 1.54) is 11.4 Å². The number of hydrogen-bond acceptors (Lipinski definition) is 5. The summed E-state index contributed by atoms with van der Waals surface area (Å²) in [4.78, 5) is 0. The molecule has 0 bridgehead atoms. The summed E-state index contributed by atoms with van der Waals surface area (Å²) in [6.07, 6.45) is 0. The number of nitrogens with zero attached hydrogens (tertiary/aromatic N) is 1. The minimum absolute atomic E-state index is 0.352. The van der Waals surface area contributed by atoms with Gasteiger partial charge < -0.3 is 9.05 Å². The number of rotatable bonds is 7. The van der Waals surface area contributed by atoms with Crippen molar-refractivity contribution in [1.82, 2.24) is 0 Å². The maximum atomic E-state index is 9.27. The van der Waals surface area contributed by atoms with E-state index in [1.54, 1.807) is 0 Å². The second-order valence-corrected chi connectivity index (χ2v) is 9.61. The first kappa shape index (κ1) is 15.7. The minimum Gasteiger partial charge on any atom is -0.322 e. The summed E-state index contributed by atoms with van der Waals surface area (Å²) in [5.41, 5.74) is -1.50. The summed E-state index contributed by atoms with van der Waals surface area (Å²) in [5, 5.41) is 8.92. The van der Waals surface area contributed by atoms with E-state index in [0.29, 0.717) is 13.2 Å². The predicted octanol–water partition coefficient (Wildman–Crippen LogP) is 4.28. The van der Waals surface area contributed by atoms with Crippen molar-refractivity contribution in [2.24, 2.45) is 0 Å². The third-order valence-electron chi connectivity index (χ3n) is 2.03. The zero-order valence-corrected chi connectivity index (χ0v) is 12.9. The van der Waals surface area contributed by atoms with Gasteiger partial charge in [0.1, 0.15) is 5.25 Å². The van der Waals surface area contributed by atoms with E-state index in [0.717, 1.165) is 5.56 Å². The van der Waals surface area contributed by atoms with E-state index >= 15 is 0 Å². The first-order valence-corrected chi connectivity index (χ1v) is 9.79. The molecule has 0 radical (unpaired) electrons. The zero-order chi connectivity index (χ0) is 13.4. The molecular formula is C12H16NO2PS2. The van der Waals surface area contributed by atoms with Gasteiger partial charge in [0.05, 0.1) is 19.3 Å². The molecule has 0 heterocycles. The van der Waals surface area contributed by atoms with Crippen LogP contribution in [-0.2, 0) is 20.9 Å². The Kier molecular flexibility index (Phi) is 6.91. The van der Waals surface area contributed by atoms with E-state index in [4.69, 9.17) is 20.9 Å². The third kappa shape index (κ3) is 4.72. The molecule has 6 heteroatoms. The monoisotopic (exact) mass is 301 g/mol. The van der Waals surface area contributed by atoms with Crippen molar-refractivity contribution in [3.63, 3.8) is 0 Å². The largest absolute Gasteiger partial charge is 0.322 e. The van der Waals surface area contributed by atoms with Gasteiger partial charge >= 0.3 is 0 Å². The summed E-state index contributed by atoms with van der Waals surface area (Å²) in [6, 6.07) is 11.8. The first-order valence-electron chi connectivity index (χ1n) is 5.67. The molecule has 18 heavy (non-hydrogen) atoms. The number of benzene rings is 1. The highest BCUT2D eigenvalue weighted by atomic mass is 32.9. The molecule has 1 aromatic carbocycles. The Labute approximate surface area is 117 Å². The Bertz CT molecular complexity index is 437. The van der Waals surface area contributed by atoms with Crippen LogP contribution in [0, 0.1) is 11.3 Å². The zero-order valence-electron chi connectivity index (χ0n) is 10.4. The van der Waals surface area contributed by atoms with Crippen LogP contribution in [0.2, 0.25) is 0 Å². The van der Waals surface area contributed by atoms with Crippen molar-refractivity contribution in [2.75, 3.05) is 13.2 Å². The molecule has 1 atom stereocenters. The maximum Gasteiger partial charge on any atom is 0.248 e. The van der Waals surface area contributed by atoms with Gasteiger partial charge in [0.25, 0.3) is 0 Å². The van der Waals surface area contributed by atoms with Gasteiger partial charge in [0, 0.05) is 0 Å². The van der Waals surface area contributed by atoms with Crippen molar-refractivity contribution in [3.8, 4) is 6.07 Å². The molecule has 0 amide bonds. The second-order valence-electron chi connectivity index (χ2n) is 3.31. The van der Waals surface area contributed by atoms with Crippen molar-refractivity contribution >= 4 is 28.9 Å². The number of nitriles is 1. The van der Waals surface area contributed by atoms with E-state index in [9.17, 15) is 5.26 Å². The second kappa shape index (κ2) is 7.93. The molecule has 98 valence electrons. The summed E-state index contributed by atoms with van der Waals surface area (Å²) in [7, 11) is 0. The standard InChI is InChI=1S/C12H16NO2PS2/c1-3-14-16(17,15-4-2)18-12(10-13)11-8-6-5-7-9-11/h5-9,12H,3-4H2,1-2H3/t12-/m1/s1. The fourth-order valence-corrected chi connectivity index (χ4v) is 6.43. The van der Waals surface area contributed by atoms with Crippen molar-refractivity contribution in [3.05, 3.63) is 35.9 Å². The smallest absolute Gasteiger partial charge is 0.248 e. The Balaban J connectivity index is 2.85. The fraction of sp³-hybridized carbons (Fsp3) is 0.417. The lowest BCUT2D eigenvalue weighted by atomic mass is 10.2. The van der Waals surface area contributed by atoms with Crippen molar-refractivity contribution in [1.29, 1.82) is 5.26 Å². The Morgan fingerprint density at radius 1 is 1.28 bits per heavy atom. The normalized spacial score (nSPS) is 12.9. The summed E-state index contributed by atoms with van der Waals surface area (Å²) in [5.74, 6) is 0. The lowest BCUT2D eigenvalue weighted by molar-refractivity contribution is 0.280. The fourth-order valence-electron chi connectivity index (χ4n) is 1.33. The summed E-state index contributed by atoms with van der Waals surface area (Å²) in [6.45, 7) is 4.75. The van der Waals surface area contributed by atoms with Crippen molar-refractivity contribution in [2.45, 2.75) is 19.1 Å². The average Bonchev–Trinajstić information content (AvgIpc) is 2.38. The highest BCUT2D eigenvalue weighted by molar-refractivity contribution is 8.68. The van der Waals surface area contributed by atoms with E-state index in [2.05, 4.69) is 6.07 Å². The van der Waals surface area contributed by atoms with Crippen LogP contribution in [0.3, 0.4) is 0 Å². The van der Waals surface area contributed by atoms with Gasteiger partial charge in [0.15, 0.2) is 0 Å². The molecule has 0 saturated heterocycles. The molecule has 0 aromatic heterocycles. The minimum atomic E-state index is -2.43. The number of hydrogen-bond donors (Lipinski definition) is 0. The third-order valence-corrected chi connectivity index (χ3v) is 7.47. The highest BCUT2D eigenvalue weighted by Crippen LogP contribution is 2.65. The SMILES string of the molecule is CCOP(=S)(OCC)S[C@H](C#N)c1ccccc1. The Hall–Kier alpha value is -0.370. The highest BCUT2D eigenvalue weighted by Gasteiger charge is 2.25. The Morgan fingerprint density at radius 3 is 2.28 bits per heavy atom. The Morgan fingerprint density at radius 2 is 1.83 bits per heavy atom. The van der Waals surface area contributed by atoms with Gasteiger partial charge in [-0.15, -0.1) is 0 Å². The maximum absolute atomic E-state index is 9.27. The topological polar surface area (TPSA) is 42.2 Å². The molecule has 1 rings (SSSR count). The molecule has 0 aliphatic heterocycles. The summed E-state index contributed by atoms with van der Waals surface area (Å²) < 4.78 is 11.1. The van der Waals surface area contributed by atoms with Gasteiger partial charge in [0.2, 0.25) is 5.69 Å². The molecule has 0 aliphatic rings. The first-order chi connectivity index (χ1) is 8.65. The molecular weight excluding hydrogens is 285 g/mol. The molecule has 0 spiro atoms. The van der Waals surface area contributed by atoms with Gasteiger partial charge in [-0.25, -0.2) is 0 Å². The van der Waals surface area contributed by atoms with Gasteiger partial charge in [-0.2, -0.15) is 5.26 Å². The van der Waals surface area contributed by atoms with E-state index in [1.807, 2.05) is 44.2 Å². The quantitative estimate of drug-likeness (QED) is 0.703. The van der Waals surface area contributed by atoms with Crippen LogP contribution in [-0.4, -0.2) is 13.2 Å². The van der Waals surface area contributed by atoms with Crippen LogP contribution in [0.15, 0.2) is 30.3 Å². The van der Waals surface area contributed by atoms with Crippen LogP contribution in [0.25, 0.3) is 0 Å². The lowest BCUT2D eigenvalue weighted by Gasteiger charge is -2.22. The molecule has 3 nitrogen and oxygen atoms in total. The van der Waals surface area contributed by atoms with Gasteiger partial charge in [-0.1, -0.05) is 30.3 Å². The molecule has 1 aromatic rings. The molecule has 0 N–H and O–H groups in total. The van der Waals surface area contributed by atoms with Crippen molar-refractivity contribution < 1.29 is 9.05 Å². The van der Waals surface area contributed by atoms with E-state index < -0.39 is 5.69 Å². The van der Waals surface area contributed by atoms with Gasteiger partial charge in [-0.05, 0) is 42.6 Å². The average molecular weight is 301 g/mol. The van der Waals surface area contributed by atoms with E-state index in [-0.39, 0.29) is 5.25 Å². The molecule has 0 fully saturated rings. The van der Waals surface area contributed by atoms with Crippen LogP contribution >= 0.6 is 17.1 Å². The summed E-state index contributed by atoms with van der Waals surface area (Å²) >= 11 is 6.74. The van der Waals surface area contributed by atoms with Crippen LogP contribution in [0.5, 0.6) is 0 Å². The lowest BCUT2D eigenvalue weighted by Crippen LogP contribution is -1.96. The van der Waals surface area contributed by atoms with Crippen LogP contribution in [0.4, 0.5) is 0 Å². The molecule has 0 unspecified atom stereocenters. The molecule has 0 aliphatic carbocycles. The van der Waals surface area contributed by atoms with Crippen LogP contribution < -0.4 is 0 Å². The van der Waals surface area contributed by atoms with Crippen LogP contribution in [0.1, 0.15) is 24.7 Å². The van der Waals surface area contributed by atoms with Gasteiger partial charge in [-0.3, -0.25) is 0 Å².